The number of carbonyl (C=O) groups excluding carboxylic acids is 1. The zero-order valence-electron chi connectivity index (χ0n) is 14.9. The summed E-state index contributed by atoms with van der Waals surface area (Å²) in [4.78, 5) is 27.5. The molecule has 2 N–H and O–H groups in total. The van der Waals surface area contributed by atoms with Gasteiger partial charge in [-0.2, -0.15) is 0 Å². The molecule has 26 heavy (non-hydrogen) atoms. The molecule has 3 rings (SSSR count). The molecule has 3 aromatic rings. The Morgan fingerprint density at radius 1 is 1.27 bits per heavy atom. The van der Waals surface area contributed by atoms with E-state index < -0.39 is 17.7 Å². The first kappa shape index (κ1) is 17.9. The topological polar surface area (TPSA) is 93.5 Å². The summed E-state index contributed by atoms with van der Waals surface area (Å²) in [6, 6.07) is 6.68. The Labute approximate surface area is 154 Å². The second-order valence-corrected chi connectivity index (χ2v) is 7.89. The molecule has 0 unspecified atom stereocenters. The number of rotatable bonds is 3. The Morgan fingerprint density at radius 2 is 2.00 bits per heavy atom. The van der Waals surface area contributed by atoms with Crippen molar-refractivity contribution in [3.63, 3.8) is 0 Å². The number of aromatic carboxylic acids is 1. The molecule has 0 bridgehead atoms. The van der Waals surface area contributed by atoms with Gasteiger partial charge in [0.15, 0.2) is 0 Å². The van der Waals surface area contributed by atoms with E-state index in [1.54, 1.807) is 51.2 Å². The first-order chi connectivity index (χ1) is 12.1. The molecule has 1 amide bonds. The molecule has 2 aromatic heterocycles. The van der Waals surface area contributed by atoms with Crippen molar-refractivity contribution >= 4 is 39.3 Å². The number of nitrogens with zero attached hydrogens (tertiary/aromatic N) is 2. The zero-order valence-corrected chi connectivity index (χ0v) is 15.7. The molecule has 0 fully saturated rings. The molecule has 0 saturated heterocycles. The average Bonchev–Trinajstić information content (AvgIpc) is 3.07. The Bertz CT molecular complexity index is 998. The Morgan fingerprint density at radius 3 is 2.65 bits per heavy atom. The third-order valence-corrected chi connectivity index (χ3v) is 4.56. The maximum Gasteiger partial charge on any atom is 0.412 e. The van der Waals surface area contributed by atoms with Gasteiger partial charge in [0.2, 0.25) is 0 Å². The van der Waals surface area contributed by atoms with Gasteiger partial charge >= 0.3 is 12.1 Å². The van der Waals surface area contributed by atoms with Crippen molar-refractivity contribution in [1.82, 2.24) is 9.55 Å². The molecule has 136 valence electrons. The van der Waals surface area contributed by atoms with Gasteiger partial charge in [0.05, 0.1) is 27.2 Å². The zero-order chi connectivity index (χ0) is 19.1. The molecule has 1 aromatic carbocycles. The van der Waals surface area contributed by atoms with Crippen molar-refractivity contribution in [2.75, 3.05) is 5.32 Å². The molecule has 2 heterocycles. The predicted octanol–water partition coefficient (Wildman–Crippen LogP) is 4.35. The highest BCUT2D eigenvalue weighted by Crippen LogP contribution is 2.32. The largest absolute Gasteiger partial charge is 0.478 e. The van der Waals surface area contributed by atoms with Crippen molar-refractivity contribution in [3.05, 3.63) is 36.0 Å². The number of carboxylic acid groups (broad SMARTS) is 1. The number of fused-ring (bicyclic) bond motifs is 1. The number of benzene rings is 1. The van der Waals surface area contributed by atoms with E-state index in [2.05, 4.69) is 10.3 Å². The third kappa shape index (κ3) is 3.85. The maximum atomic E-state index is 11.9. The molecular weight excluding hydrogens is 354 g/mol. The Balaban J connectivity index is 1.88. The van der Waals surface area contributed by atoms with Crippen LogP contribution in [0, 0.1) is 0 Å². The van der Waals surface area contributed by atoms with Crippen LogP contribution in [-0.4, -0.2) is 32.3 Å². The third-order valence-electron chi connectivity index (χ3n) is 3.50. The molecule has 0 atom stereocenters. The van der Waals surface area contributed by atoms with Crippen molar-refractivity contribution in [1.29, 1.82) is 0 Å². The second-order valence-electron chi connectivity index (χ2n) is 6.86. The summed E-state index contributed by atoms with van der Waals surface area (Å²) >= 11 is 1.46. The van der Waals surface area contributed by atoms with Crippen LogP contribution < -0.4 is 5.32 Å². The number of aromatic nitrogens is 2. The van der Waals surface area contributed by atoms with Crippen LogP contribution in [-0.2, 0) is 11.8 Å². The van der Waals surface area contributed by atoms with Crippen LogP contribution in [0.2, 0.25) is 0 Å². The molecule has 0 saturated carbocycles. The molecular formula is C18H19N3O4S. The van der Waals surface area contributed by atoms with E-state index in [4.69, 9.17) is 9.84 Å². The SMILES string of the molecule is Cn1cc(NC(=O)OC(C)(C)C)cc1-c1nc2cc(C(=O)O)ccc2s1. The van der Waals surface area contributed by atoms with Crippen LogP contribution in [0.25, 0.3) is 20.9 Å². The normalized spacial score (nSPS) is 11.5. The first-order valence-electron chi connectivity index (χ1n) is 7.93. The van der Waals surface area contributed by atoms with Gasteiger partial charge in [-0.15, -0.1) is 11.3 Å². The van der Waals surface area contributed by atoms with Crippen molar-refractivity contribution in [2.24, 2.45) is 7.05 Å². The van der Waals surface area contributed by atoms with Crippen LogP contribution in [0.1, 0.15) is 31.1 Å². The fourth-order valence-electron chi connectivity index (χ4n) is 2.44. The summed E-state index contributed by atoms with van der Waals surface area (Å²) in [7, 11) is 1.85. The molecule has 0 aliphatic heterocycles. The highest BCUT2D eigenvalue weighted by Gasteiger charge is 2.18. The van der Waals surface area contributed by atoms with E-state index >= 15 is 0 Å². The lowest BCUT2D eigenvalue weighted by Gasteiger charge is -2.19. The summed E-state index contributed by atoms with van der Waals surface area (Å²) in [5.41, 5.74) is 1.67. The number of aryl methyl sites for hydroxylation is 1. The van der Waals surface area contributed by atoms with Gasteiger partial charge in [-0.25, -0.2) is 14.6 Å². The number of carboxylic acids is 1. The molecule has 0 spiro atoms. The average molecular weight is 373 g/mol. The number of hydrogen-bond acceptors (Lipinski definition) is 5. The second kappa shape index (κ2) is 6.45. The summed E-state index contributed by atoms with van der Waals surface area (Å²) in [6.45, 7) is 5.40. The minimum Gasteiger partial charge on any atom is -0.478 e. The van der Waals surface area contributed by atoms with Gasteiger partial charge < -0.3 is 14.4 Å². The number of carbonyl (C=O) groups is 2. The summed E-state index contributed by atoms with van der Waals surface area (Å²) in [5, 5.41) is 12.5. The molecule has 0 radical (unpaired) electrons. The lowest BCUT2D eigenvalue weighted by atomic mass is 10.2. The van der Waals surface area contributed by atoms with Crippen molar-refractivity contribution in [3.8, 4) is 10.7 Å². The van der Waals surface area contributed by atoms with E-state index in [0.717, 1.165) is 15.4 Å². The molecule has 7 nitrogen and oxygen atoms in total. The Hall–Kier alpha value is -2.87. The molecule has 0 aliphatic carbocycles. The lowest BCUT2D eigenvalue weighted by molar-refractivity contribution is 0.0634. The smallest absolute Gasteiger partial charge is 0.412 e. The van der Waals surface area contributed by atoms with Crippen LogP contribution in [0.3, 0.4) is 0 Å². The van der Waals surface area contributed by atoms with Gasteiger partial charge in [-0.3, -0.25) is 5.32 Å². The van der Waals surface area contributed by atoms with Crippen LogP contribution in [0.15, 0.2) is 30.5 Å². The van der Waals surface area contributed by atoms with Gasteiger partial charge in [0.1, 0.15) is 10.6 Å². The van der Waals surface area contributed by atoms with Crippen LogP contribution in [0.5, 0.6) is 0 Å². The van der Waals surface area contributed by atoms with Gasteiger partial charge in [-0.1, -0.05) is 0 Å². The van der Waals surface area contributed by atoms with E-state index in [9.17, 15) is 9.59 Å². The standard InChI is InChI=1S/C18H19N3O4S/c1-18(2,3)25-17(24)19-11-8-13(21(4)9-11)15-20-12-7-10(16(22)23)5-6-14(12)26-15/h5-9H,1-4H3,(H,19,24)(H,22,23). The number of nitrogens with one attached hydrogen (secondary N) is 1. The minimum absolute atomic E-state index is 0.202. The number of ether oxygens (including phenoxy) is 1. The van der Waals surface area contributed by atoms with Crippen molar-refractivity contribution < 1.29 is 19.4 Å². The van der Waals surface area contributed by atoms with Crippen LogP contribution in [0.4, 0.5) is 10.5 Å². The fraction of sp³-hybridized carbons (Fsp3) is 0.278. The number of anilines is 1. The predicted molar refractivity (Wildman–Crippen MR) is 101 cm³/mol. The van der Waals surface area contributed by atoms with Gasteiger partial charge in [0.25, 0.3) is 0 Å². The summed E-state index contributed by atoms with van der Waals surface area (Å²) in [6.07, 6.45) is 1.25. The molecule has 8 heteroatoms. The van der Waals surface area contributed by atoms with E-state index in [1.807, 2.05) is 11.6 Å². The number of amides is 1. The fourth-order valence-corrected chi connectivity index (χ4v) is 3.44. The minimum atomic E-state index is -0.982. The Kier molecular flexibility index (Phi) is 4.45. The lowest BCUT2D eigenvalue weighted by Crippen LogP contribution is -2.27. The van der Waals surface area contributed by atoms with E-state index in [-0.39, 0.29) is 5.56 Å². The first-order valence-corrected chi connectivity index (χ1v) is 8.75. The highest BCUT2D eigenvalue weighted by molar-refractivity contribution is 7.21. The van der Waals surface area contributed by atoms with E-state index in [1.165, 1.54) is 11.3 Å². The monoisotopic (exact) mass is 373 g/mol. The van der Waals surface area contributed by atoms with Crippen molar-refractivity contribution in [2.45, 2.75) is 26.4 Å². The van der Waals surface area contributed by atoms with Gasteiger partial charge in [0, 0.05) is 13.2 Å². The number of thiazole rings is 1. The number of hydrogen-bond donors (Lipinski definition) is 2. The molecule has 0 aliphatic rings. The van der Waals surface area contributed by atoms with Gasteiger partial charge in [-0.05, 0) is 45.0 Å². The van der Waals surface area contributed by atoms with E-state index in [0.29, 0.717) is 11.2 Å². The van der Waals surface area contributed by atoms with Crippen LogP contribution >= 0.6 is 11.3 Å². The summed E-state index contributed by atoms with van der Waals surface area (Å²) in [5.74, 6) is -0.982. The summed E-state index contributed by atoms with van der Waals surface area (Å²) < 4.78 is 8.00. The highest BCUT2D eigenvalue weighted by atomic mass is 32.1. The maximum absolute atomic E-state index is 11.9. The quantitative estimate of drug-likeness (QED) is 0.712.